The number of nitrogens with one attached hydrogen (secondary N) is 2. The quantitative estimate of drug-likeness (QED) is 0.748. The molecule has 2 rings (SSSR count). The summed E-state index contributed by atoms with van der Waals surface area (Å²) in [5.74, 6) is 0.815. The number of unbranched alkanes of at least 4 members (excludes halogenated alkanes) is 1. The first-order chi connectivity index (χ1) is 11.0. The average molecular weight is 353 g/mol. The normalized spacial score (nSPS) is 10.4. The molecular weight excluding hydrogens is 335 g/mol. The van der Waals surface area contributed by atoms with Crippen molar-refractivity contribution in [2.24, 2.45) is 0 Å². The molecule has 5 nitrogen and oxygen atoms in total. The molecule has 2 N–H and O–H groups in total. The topological polar surface area (TPSA) is 66.9 Å². The number of carbonyl (C=O) groups is 1. The summed E-state index contributed by atoms with van der Waals surface area (Å²) in [7, 11) is 0. The number of aryl methyl sites for hydroxylation is 1. The van der Waals surface area contributed by atoms with Crippen LogP contribution in [0.4, 0.5) is 11.5 Å². The Balaban J connectivity index is 2.15. The van der Waals surface area contributed by atoms with Crippen molar-refractivity contribution in [2.75, 3.05) is 17.2 Å². The molecule has 0 unspecified atom stereocenters. The molecule has 1 aromatic heterocycles. The molecule has 0 atom stereocenters. The van der Waals surface area contributed by atoms with Gasteiger partial charge < -0.3 is 10.6 Å². The van der Waals surface area contributed by atoms with Crippen LogP contribution in [0.2, 0.25) is 10.0 Å². The van der Waals surface area contributed by atoms with Crippen LogP contribution in [0.15, 0.2) is 24.3 Å². The maximum absolute atomic E-state index is 12.4. The zero-order chi connectivity index (χ0) is 16.8. The third kappa shape index (κ3) is 5.08. The van der Waals surface area contributed by atoms with Crippen molar-refractivity contribution in [1.82, 2.24) is 9.97 Å². The molecule has 0 saturated heterocycles. The third-order valence-corrected chi connectivity index (χ3v) is 3.63. The zero-order valence-electron chi connectivity index (χ0n) is 13.0. The van der Waals surface area contributed by atoms with Crippen LogP contribution in [0.1, 0.15) is 36.1 Å². The van der Waals surface area contributed by atoms with E-state index in [-0.39, 0.29) is 11.6 Å². The minimum atomic E-state index is -0.349. The van der Waals surface area contributed by atoms with Crippen LogP contribution in [0.25, 0.3) is 0 Å². The van der Waals surface area contributed by atoms with Gasteiger partial charge in [0.15, 0.2) is 0 Å². The zero-order valence-corrected chi connectivity index (χ0v) is 14.5. The van der Waals surface area contributed by atoms with E-state index in [0.717, 1.165) is 19.4 Å². The van der Waals surface area contributed by atoms with Gasteiger partial charge in [0, 0.05) is 17.6 Å². The molecular formula is C16H18Cl2N4O. The Labute approximate surface area is 145 Å². The highest BCUT2D eigenvalue weighted by Crippen LogP contribution is 2.25. The first-order valence-corrected chi connectivity index (χ1v) is 8.11. The van der Waals surface area contributed by atoms with E-state index in [0.29, 0.717) is 27.4 Å². The smallest absolute Gasteiger partial charge is 0.274 e. The van der Waals surface area contributed by atoms with E-state index in [9.17, 15) is 4.79 Å². The first kappa shape index (κ1) is 17.5. The van der Waals surface area contributed by atoms with Gasteiger partial charge in [-0.1, -0.05) is 36.5 Å². The molecule has 0 spiro atoms. The molecule has 0 saturated carbocycles. The third-order valence-electron chi connectivity index (χ3n) is 3.09. The summed E-state index contributed by atoms with van der Waals surface area (Å²) in [5, 5.41) is 6.80. The van der Waals surface area contributed by atoms with Crippen molar-refractivity contribution in [3.8, 4) is 0 Å². The van der Waals surface area contributed by atoms with Gasteiger partial charge in [-0.25, -0.2) is 9.97 Å². The molecule has 0 bridgehead atoms. The van der Waals surface area contributed by atoms with Crippen LogP contribution in [0, 0.1) is 6.92 Å². The van der Waals surface area contributed by atoms with Crippen LogP contribution < -0.4 is 10.6 Å². The molecule has 0 aliphatic carbocycles. The van der Waals surface area contributed by atoms with Gasteiger partial charge in [-0.05, 0) is 31.5 Å². The van der Waals surface area contributed by atoms with Gasteiger partial charge in [-0.3, -0.25) is 4.79 Å². The highest BCUT2D eigenvalue weighted by atomic mass is 35.5. The number of aromatic nitrogens is 2. The maximum atomic E-state index is 12.4. The molecule has 7 heteroatoms. The minimum absolute atomic E-state index is 0.280. The predicted molar refractivity (Wildman–Crippen MR) is 94.6 cm³/mol. The lowest BCUT2D eigenvalue weighted by atomic mass is 10.3. The van der Waals surface area contributed by atoms with Crippen LogP contribution in [-0.2, 0) is 0 Å². The molecule has 0 aliphatic rings. The van der Waals surface area contributed by atoms with Crippen LogP contribution in [0.3, 0.4) is 0 Å². The van der Waals surface area contributed by atoms with E-state index in [4.69, 9.17) is 23.2 Å². The number of carbonyl (C=O) groups excluding carboxylic acids is 1. The van der Waals surface area contributed by atoms with Crippen LogP contribution in [0.5, 0.6) is 0 Å². The standard InChI is InChI=1S/C16H18Cl2N4O/c1-3-4-7-19-15-9-14(20-10(2)21-15)16(23)22-13-6-5-11(17)8-12(13)18/h5-6,8-9H,3-4,7H2,1-2H3,(H,22,23)(H,19,20,21). The summed E-state index contributed by atoms with van der Waals surface area (Å²) in [6.07, 6.45) is 2.12. The Morgan fingerprint density at radius 2 is 2.00 bits per heavy atom. The summed E-state index contributed by atoms with van der Waals surface area (Å²) in [6.45, 7) is 4.66. The fourth-order valence-electron chi connectivity index (χ4n) is 1.95. The molecule has 0 radical (unpaired) electrons. The first-order valence-electron chi connectivity index (χ1n) is 7.35. The Kier molecular flexibility index (Phi) is 6.19. The Hall–Kier alpha value is -1.85. The van der Waals surface area contributed by atoms with Crippen molar-refractivity contribution < 1.29 is 4.79 Å². The highest BCUT2D eigenvalue weighted by Gasteiger charge is 2.12. The summed E-state index contributed by atoms with van der Waals surface area (Å²) in [6, 6.07) is 6.51. The maximum Gasteiger partial charge on any atom is 0.274 e. The lowest BCUT2D eigenvalue weighted by Crippen LogP contribution is -2.16. The number of anilines is 2. The number of hydrogen-bond donors (Lipinski definition) is 2. The Morgan fingerprint density at radius 3 is 2.70 bits per heavy atom. The summed E-state index contributed by atoms with van der Waals surface area (Å²) in [4.78, 5) is 20.8. The largest absolute Gasteiger partial charge is 0.370 e. The van der Waals surface area contributed by atoms with Gasteiger partial charge >= 0.3 is 0 Å². The number of nitrogens with zero attached hydrogens (tertiary/aromatic N) is 2. The minimum Gasteiger partial charge on any atom is -0.370 e. The highest BCUT2D eigenvalue weighted by molar-refractivity contribution is 6.36. The van der Waals surface area contributed by atoms with Gasteiger partial charge in [0.2, 0.25) is 0 Å². The van der Waals surface area contributed by atoms with Crippen molar-refractivity contribution in [2.45, 2.75) is 26.7 Å². The summed E-state index contributed by atoms with van der Waals surface area (Å²) in [5.41, 5.74) is 0.764. The molecule has 0 fully saturated rings. The van der Waals surface area contributed by atoms with Gasteiger partial charge in [-0.2, -0.15) is 0 Å². The van der Waals surface area contributed by atoms with E-state index < -0.39 is 0 Å². The monoisotopic (exact) mass is 352 g/mol. The molecule has 1 heterocycles. The SMILES string of the molecule is CCCCNc1cc(C(=O)Nc2ccc(Cl)cc2Cl)nc(C)n1. The van der Waals surface area contributed by atoms with Crippen molar-refractivity contribution in [1.29, 1.82) is 0 Å². The second kappa shape index (κ2) is 8.13. The molecule has 1 amide bonds. The Morgan fingerprint density at radius 1 is 1.22 bits per heavy atom. The van der Waals surface area contributed by atoms with Gasteiger partial charge in [0.1, 0.15) is 17.3 Å². The van der Waals surface area contributed by atoms with E-state index in [1.165, 1.54) is 0 Å². The van der Waals surface area contributed by atoms with Crippen LogP contribution in [-0.4, -0.2) is 22.4 Å². The molecule has 1 aromatic carbocycles. The number of rotatable bonds is 6. The molecule has 23 heavy (non-hydrogen) atoms. The van der Waals surface area contributed by atoms with E-state index in [1.807, 2.05) is 0 Å². The average Bonchev–Trinajstić information content (AvgIpc) is 2.50. The number of hydrogen-bond acceptors (Lipinski definition) is 4. The summed E-state index contributed by atoms with van der Waals surface area (Å²) >= 11 is 11.9. The molecule has 0 aliphatic heterocycles. The van der Waals surface area contributed by atoms with E-state index in [2.05, 4.69) is 27.5 Å². The summed E-state index contributed by atoms with van der Waals surface area (Å²) < 4.78 is 0. The van der Waals surface area contributed by atoms with Crippen molar-refractivity contribution in [3.05, 3.63) is 45.8 Å². The Bertz CT molecular complexity index is 706. The van der Waals surface area contributed by atoms with Crippen LogP contribution >= 0.6 is 23.2 Å². The lowest BCUT2D eigenvalue weighted by Gasteiger charge is -2.10. The van der Waals surface area contributed by atoms with E-state index >= 15 is 0 Å². The second-order valence-electron chi connectivity index (χ2n) is 5.04. The number of amides is 1. The van der Waals surface area contributed by atoms with Gasteiger partial charge in [0.25, 0.3) is 5.91 Å². The van der Waals surface area contributed by atoms with E-state index in [1.54, 1.807) is 31.2 Å². The fourth-order valence-corrected chi connectivity index (χ4v) is 2.40. The van der Waals surface area contributed by atoms with Crippen molar-refractivity contribution >= 4 is 40.6 Å². The molecule has 2 aromatic rings. The lowest BCUT2D eigenvalue weighted by molar-refractivity contribution is 0.102. The number of benzene rings is 1. The van der Waals surface area contributed by atoms with Crippen molar-refractivity contribution in [3.63, 3.8) is 0 Å². The second-order valence-corrected chi connectivity index (χ2v) is 5.89. The van der Waals surface area contributed by atoms with Gasteiger partial charge in [-0.15, -0.1) is 0 Å². The number of halogens is 2. The van der Waals surface area contributed by atoms with Gasteiger partial charge in [0.05, 0.1) is 10.7 Å². The fraction of sp³-hybridized carbons (Fsp3) is 0.312. The molecule has 122 valence electrons. The predicted octanol–water partition coefficient (Wildman–Crippen LogP) is 4.56.